The Bertz CT molecular complexity index is 769. The van der Waals surface area contributed by atoms with Crippen LogP contribution in [0.4, 0.5) is 9.59 Å². The molecule has 0 aliphatic carbocycles. The second-order valence-electron chi connectivity index (χ2n) is 8.83. The Balaban J connectivity index is 2.95. The number of ketones is 1. The predicted octanol–water partition coefficient (Wildman–Crippen LogP) is 4.83. The van der Waals surface area contributed by atoms with Crippen LogP contribution in [-0.4, -0.2) is 58.2 Å². The van der Waals surface area contributed by atoms with E-state index >= 15 is 0 Å². The number of Topliss-reactive ketones (excluding diaryl/α,β-unsaturated/α-hetero) is 1. The van der Waals surface area contributed by atoms with Crippen molar-refractivity contribution in [1.82, 2.24) is 15.2 Å². The van der Waals surface area contributed by atoms with Gasteiger partial charge >= 0.3 is 12.2 Å². The molecule has 0 spiro atoms. The van der Waals surface area contributed by atoms with Gasteiger partial charge in [-0.2, -0.15) is 0 Å². The summed E-state index contributed by atoms with van der Waals surface area (Å²) in [5, 5.41) is 2.80. The molecule has 1 aromatic rings. The number of amides is 2. The third-order valence-corrected chi connectivity index (χ3v) is 3.93. The molecule has 30 heavy (non-hydrogen) atoms. The third-order valence-electron chi connectivity index (χ3n) is 3.33. The van der Waals surface area contributed by atoms with Crippen LogP contribution in [0.25, 0.3) is 0 Å². The highest BCUT2D eigenvalue weighted by Gasteiger charge is 2.27. The van der Waals surface area contributed by atoms with Gasteiger partial charge in [-0.05, 0) is 76.5 Å². The quantitative estimate of drug-likeness (QED) is 0.438. The number of hydrogen-bond acceptors (Lipinski definition) is 6. The summed E-state index contributed by atoms with van der Waals surface area (Å²) in [5.74, 6) is -0.352. The monoisotopic (exact) mass is 505 g/mol. The van der Waals surface area contributed by atoms with Crippen molar-refractivity contribution in [3.63, 3.8) is 0 Å². The first-order chi connectivity index (χ1) is 13.6. The van der Waals surface area contributed by atoms with Crippen LogP contribution in [0, 0.1) is 0 Å². The Hall–Kier alpha value is -1.87. The van der Waals surface area contributed by atoms with Gasteiger partial charge in [-0.3, -0.25) is 9.69 Å². The zero-order chi connectivity index (χ0) is 23.3. The van der Waals surface area contributed by atoms with E-state index in [1.807, 2.05) is 0 Å². The number of ether oxygens (including phenoxy) is 2. The van der Waals surface area contributed by atoms with Crippen molar-refractivity contribution in [1.29, 1.82) is 0 Å². The summed E-state index contributed by atoms with van der Waals surface area (Å²) in [6.07, 6.45) is -1.29. The third kappa shape index (κ3) is 10.2. The molecule has 0 aromatic carbocycles. The zero-order valence-electron chi connectivity index (χ0n) is 18.3. The number of carbonyl (C=O) groups is 3. The number of rotatable bonds is 6. The molecule has 1 heterocycles. The summed E-state index contributed by atoms with van der Waals surface area (Å²) in [7, 11) is 0. The maximum Gasteiger partial charge on any atom is 0.410 e. The number of pyridine rings is 1. The molecule has 8 nitrogen and oxygen atoms in total. The minimum absolute atomic E-state index is 0.0415. The van der Waals surface area contributed by atoms with Gasteiger partial charge < -0.3 is 14.8 Å². The Morgan fingerprint density at radius 3 is 2.20 bits per heavy atom. The van der Waals surface area contributed by atoms with Crippen molar-refractivity contribution in [2.45, 2.75) is 65.7 Å². The summed E-state index contributed by atoms with van der Waals surface area (Å²) >= 11 is 9.11. The number of nitrogens with zero attached hydrogens (tertiary/aromatic N) is 2. The molecule has 0 aliphatic heterocycles. The minimum atomic E-state index is -0.747. The van der Waals surface area contributed by atoms with E-state index in [4.69, 9.17) is 21.1 Å². The van der Waals surface area contributed by atoms with Gasteiger partial charge in [-0.1, -0.05) is 11.6 Å². The standard InChI is InChI=1S/C20H29BrClN3O5/c1-12(23-17(27)29-19(2,3)4)10-25(18(28)30-20(5,6)7)11-14(26)13-8-15(21)24-16(22)9-13/h8-9,12H,10-11H2,1-7H3,(H,23,27)/t12-/m1/s1. The van der Waals surface area contributed by atoms with E-state index in [-0.39, 0.29) is 24.0 Å². The zero-order valence-corrected chi connectivity index (χ0v) is 20.7. The summed E-state index contributed by atoms with van der Waals surface area (Å²) in [4.78, 5) is 42.6. The van der Waals surface area contributed by atoms with Gasteiger partial charge in [0.2, 0.25) is 0 Å². The number of halogens is 2. The fraction of sp³-hybridized carbons (Fsp3) is 0.600. The molecule has 0 saturated carbocycles. The smallest absolute Gasteiger partial charge is 0.410 e. The van der Waals surface area contributed by atoms with Crippen LogP contribution in [0.5, 0.6) is 0 Å². The van der Waals surface area contributed by atoms with Crippen molar-refractivity contribution < 1.29 is 23.9 Å². The Morgan fingerprint density at radius 1 is 1.13 bits per heavy atom. The Kier molecular flexibility index (Phi) is 9.10. The highest BCUT2D eigenvalue weighted by Crippen LogP contribution is 2.17. The van der Waals surface area contributed by atoms with Crippen LogP contribution < -0.4 is 5.32 Å². The summed E-state index contributed by atoms with van der Waals surface area (Å²) in [6, 6.07) is 2.45. The van der Waals surface area contributed by atoms with Crippen molar-refractivity contribution in [3.8, 4) is 0 Å². The van der Waals surface area contributed by atoms with E-state index in [9.17, 15) is 14.4 Å². The van der Waals surface area contributed by atoms with Gasteiger partial charge in [0.1, 0.15) is 21.0 Å². The first kappa shape index (κ1) is 26.2. The Morgan fingerprint density at radius 2 is 1.70 bits per heavy atom. The van der Waals surface area contributed by atoms with Crippen molar-refractivity contribution in [3.05, 3.63) is 27.5 Å². The van der Waals surface area contributed by atoms with Gasteiger partial charge in [-0.15, -0.1) is 0 Å². The van der Waals surface area contributed by atoms with Gasteiger partial charge in [0.05, 0.1) is 6.54 Å². The SMILES string of the molecule is C[C@H](CN(CC(=O)c1cc(Cl)nc(Br)c1)C(=O)OC(C)(C)C)NC(=O)OC(C)(C)C. The van der Waals surface area contributed by atoms with Gasteiger partial charge in [0, 0.05) is 18.2 Å². The molecule has 168 valence electrons. The van der Waals surface area contributed by atoms with E-state index < -0.39 is 29.4 Å². The fourth-order valence-electron chi connectivity index (χ4n) is 2.31. The maximum atomic E-state index is 12.8. The highest BCUT2D eigenvalue weighted by molar-refractivity contribution is 9.10. The molecule has 1 rings (SSSR count). The van der Waals surface area contributed by atoms with Crippen molar-refractivity contribution >= 4 is 45.5 Å². The number of aromatic nitrogens is 1. The maximum absolute atomic E-state index is 12.8. The Labute approximate surface area is 190 Å². The average Bonchev–Trinajstić information content (AvgIpc) is 2.49. The van der Waals surface area contributed by atoms with Crippen LogP contribution in [0.3, 0.4) is 0 Å². The normalized spacial score (nSPS) is 12.7. The second-order valence-corrected chi connectivity index (χ2v) is 10.0. The van der Waals surface area contributed by atoms with Crippen molar-refractivity contribution in [2.75, 3.05) is 13.1 Å². The van der Waals surface area contributed by atoms with Crippen LogP contribution in [0.15, 0.2) is 16.7 Å². The van der Waals surface area contributed by atoms with Crippen molar-refractivity contribution in [2.24, 2.45) is 0 Å². The lowest BCUT2D eigenvalue weighted by atomic mass is 10.1. The minimum Gasteiger partial charge on any atom is -0.444 e. The molecule has 1 aromatic heterocycles. The van der Waals surface area contributed by atoms with Crippen LogP contribution in [0.2, 0.25) is 5.15 Å². The van der Waals surface area contributed by atoms with E-state index in [2.05, 4.69) is 26.2 Å². The molecule has 0 aliphatic rings. The second kappa shape index (κ2) is 10.4. The first-order valence-electron chi connectivity index (χ1n) is 9.39. The van der Waals surface area contributed by atoms with E-state index in [0.717, 1.165) is 0 Å². The molecule has 0 unspecified atom stereocenters. The first-order valence-corrected chi connectivity index (χ1v) is 10.6. The molecule has 0 bridgehead atoms. The number of hydrogen-bond donors (Lipinski definition) is 1. The molecule has 1 N–H and O–H groups in total. The van der Waals surface area contributed by atoms with E-state index in [1.54, 1.807) is 48.5 Å². The lowest BCUT2D eigenvalue weighted by molar-refractivity contribution is 0.0217. The lowest BCUT2D eigenvalue weighted by Gasteiger charge is -2.29. The topological polar surface area (TPSA) is 97.8 Å². The fourth-order valence-corrected chi connectivity index (χ4v) is 3.05. The summed E-state index contributed by atoms with van der Waals surface area (Å²) in [6.45, 7) is 11.9. The largest absolute Gasteiger partial charge is 0.444 e. The molecule has 0 radical (unpaired) electrons. The summed E-state index contributed by atoms with van der Waals surface area (Å²) < 4.78 is 11.0. The molecular weight excluding hydrogens is 478 g/mol. The predicted molar refractivity (Wildman–Crippen MR) is 118 cm³/mol. The molecule has 2 amide bonds. The molecule has 0 saturated heterocycles. The molecule has 10 heteroatoms. The van der Waals surface area contributed by atoms with Gasteiger partial charge in [0.25, 0.3) is 0 Å². The molecule has 0 fully saturated rings. The van der Waals surface area contributed by atoms with Gasteiger partial charge in [0.15, 0.2) is 5.78 Å². The van der Waals surface area contributed by atoms with E-state index in [1.165, 1.54) is 17.0 Å². The number of alkyl carbamates (subject to hydrolysis) is 1. The molecule has 1 atom stereocenters. The number of carbonyl (C=O) groups excluding carboxylic acids is 3. The van der Waals surface area contributed by atoms with Crippen LogP contribution in [-0.2, 0) is 9.47 Å². The summed E-state index contributed by atoms with van der Waals surface area (Å²) in [5.41, 5.74) is -1.11. The highest BCUT2D eigenvalue weighted by atomic mass is 79.9. The van der Waals surface area contributed by atoms with Crippen LogP contribution in [0.1, 0.15) is 58.8 Å². The molecular formula is C20H29BrClN3O5. The van der Waals surface area contributed by atoms with E-state index in [0.29, 0.717) is 10.2 Å². The van der Waals surface area contributed by atoms with Gasteiger partial charge in [-0.25, -0.2) is 14.6 Å². The van der Waals surface area contributed by atoms with Crippen LogP contribution >= 0.6 is 27.5 Å². The average molecular weight is 507 g/mol. The number of nitrogens with one attached hydrogen (secondary N) is 1. The lowest BCUT2D eigenvalue weighted by Crippen LogP contribution is -2.48.